The molecule has 0 unspecified atom stereocenters. The van der Waals surface area contributed by atoms with Crippen molar-refractivity contribution >= 4 is 11.9 Å². The summed E-state index contributed by atoms with van der Waals surface area (Å²) in [6.45, 7) is 4.42. The molecule has 1 rings (SSSR count). The van der Waals surface area contributed by atoms with Gasteiger partial charge in [0.25, 0.3) is 0 Å². The van der Waals surface area contributed by atoms with Crippen LogP contribution in [0.1, 0.15) is 51.5 Å². The van der Waals surface area contributed by atoms with Gasteiger partial charge in [-0.25, -0.2) is 0 Å². The van der Waals surface area contributed by atoms with Crippen LogP contribution in [0.3, 0.4) is 0 Å². The minimum Gasteiger partial charge on any atom is -0.497 e. The van der Waals surface area contributed by atoms with Gasteiger partial charge in [-0.15, -0.1) is 0 Å². The third kappa shape index (κ3) is 6.30. The highest BCUT2D eigenvalue weighted by molar-refractivity contribution is 5.87. The number of nitrogens with one attached hydrogen (secondary N) is 1. The minimum atomic E-state index is -0.750. The Bertz CT molecular complexity index is 508. The van der Waals surface area contributed by atoms with Gasteiger partial charge in [-0.05, 0) is 44.4 Å². The molecule has 5 nitrogen and oxygen atoms in total. The molecule has 0 aromatic heterocycles. The summed E-state index contributed by atoms with van der Waals surface area (Å²) in [4.78, 5) is 22.8. The summed E-state index contributed by atoms with van der Waals surface area (Å²) in [7, 11) is 1.61. The highest BCUT2D eigenvalue weighted by atomic mass is 16.5. The van der Waals surface area contributed by atoms with Crippen molar-refractivity contribution in [3.05, 3.63) is 29.8 Å². The summed E-state index contributed by atoms with van der Waals surface area (Å²) in [6, 6.07) is 7.52. The molecule has 0 spiro atoms. The summed E-state index contributed by atoms with van der Waals surface area (Å²) in [5.74, 6) is 0.0130. The van der Waals surface area contributed by atoms with Crippen molar-refractivity contribution in [2.75, 3.05) is 13.7 Å². The van der Waals surface area contributed by atoms with Crippen LogP contribution in [0.25, 0.3) is 0 Å². The van der Waals surface area contributed by atoms with Crippen LogP contribution in [-0.4, -0.2) is 30.6 Å². The molecule has 1 aromatic rings. The van der Waals surface area contributed by atoms with Gasteiger partial charge in [0.15, 0.2) is 0 Å². The van der Waals surface area contributed by atoms with Crippen LogP contribution in [0.15, 0.2) is 24.3 Å². The standard InChI is InChI=1S/C18H27NO4/c1-18(2,14-9-11-15(23-3)12-10-14)17(22)19-13-7-5-4-6-8-16(20)21/h9-12H,4-8,13H2,1-3H3,(H,19,22)(H,20,21). The number of hydrogen-bond donors (Lipinski definition) is 2. The Morgan fingerprint density at radius 1 is 1.09 bits per heavy atom. The van der Waals surface area contributed by atoms with E-state index in [1.807, 2.05) is 38.1 Å². The summed E-state index contributed by atoms with van der Waals surface area (Å²) >= 11 is 0. The second-order valence-electron chi connectivity index (χ2n) is 6.17. The number of carboxylic acids is 1. The second kappa shape index (κ2) is 9.18. The van der Waals surface area contributed by atoms with E-state index >= 15 is 0 Å². The fourth-order valence-corrected chi connectivity index (χ4v) is 2.32. The number of methoxy groups -OCH3 is 1. The molecular formula is C18H27NO4. The molecule has 23 heavy (non-hydrogen) atoms. The quantitative estimate of drug-likeness (QED) is 0.649. The number of benzene rings is 1. The first kappa shape index (κ1) is 19.0. The first-order chi connectivity index (χ1) is 10.9. The monoisotopic (exact) mass is 321 g/mol. The number of amides is 1. The zero-order valence-electron chi connectivity index (χ0n) is 14.2. The van der Waals surface area contributed by atoms with Crippen molar-refractivity contribution in [1.29, 1.82) is 0 Å². The first-order valence-electron chi connectivity index (χ1n) is 8.02. The molecule has 0 atom stereocenters. The number of hydrogen-bond acceptors (Lipinski definition) is 3. The van der Waals surface area contributed by atoms with E-state index in [0.29, 0.717) is 13.0 Å². The van der Waals surface area contributed by atoms with E-state index in [0.717, 1.165) is 30.6 Å². The minimum absolute atomic E-state index is 0.00629. The predicted molar refractivity (Wildman–Crippen MR) is 89.8 cm³/mol. The highest BCUT2D eigenvalue weighted by Crippen LogP contribution is 2.25. The van der Waals surface area contributed by atoms with Gasteiger partial charge in [0, 0.05) is 13.0 Å². The molecule has 0 fully saturated rings. The van der Waals surface area contributed by atoms with Crippen LogP contribution >= 0.6 is 0 Å². The lowest BCUT2D eigenvalue weighted by Gasteiger charge is -2.24. The van der Waals surface area contributed by atoms with E-state index in [-0.39, 0.29) is 12.3 Å². The van der Waals surface area contributed by atoms with Crippen molar-refractivity contribution in [1.82, 2.24) is 5.32 Å². The molecular weight excluding hydrogens is 294 g/mol. The molecule has 0 radical (unpaired) electrons. The van der Waals surface area contributed by atoms with Crippen LogP contribution in [0.5, 0.6) is 5.75 Å². The molecule has 5 heteroatoms. The van der Waals surface area contributed by atoms with E-state index in [9.17, 15) is 9.59 Å². The molecule has 2 N–H and O–H groups in total. The molecule has 1 amide bonds. The van der Waals surface area contributed by atoms with Crippen molar-refractivity contribution in [3.8, 4) is 5.75 Å². The zero-order valence-corrected chi connectivity index (χ0v) is 14.2. The molecule has 0 bridgehead atoms. The molecule has 0 aliphatic carbocycles. The summed E-state index contributed by atoms with van der Waals surface area (Å²) in [5, 5.41) is 11.5. The van der Waals surface area contributed by atoms with Gasteiger partial charge in [0.05, 0.1) is 12.5 Å². The molecule has 1 aromatic carbocycles. The van der Waals surface area contributed by atoms with Gasteiger partial charge in [-0.1, -0.05) is 25.0 Å². The highest BCUT2D eigenvalue weighted by Gasteiger charge is 2.29. The Hall–Kier alpha value is -2.04. The van der Waals surface area contributed by atoms with Gasteiger partial charge < -0.3 is 15.2 Å². The summed E-state index contributed by atoms with van der Waals surface area (Å²) < 4.78 is 5.13. The normalized spacial score (nSPS) is 11.1. The summed E-state index contributed by atoms with van der Waals surface area (Å²) in [5.41, 5.74) is 0.340. The Labute approximate surface area is 138 Å². The van der Waals surface area contributed by atoms with Gasteiger partial charge in [-0.2, -0.15) is 0 Å². The number of carboxylic acid groups (broad SMARTS) is 1. The molecule has 0 heterocycles. The van der Waals surface area contributed by atoms with Gasteiger partial charge >= 0.3 is 5.97 Å². The van der Waals surface area contributed by atoms with Crippen molar-refractivity contribution in [2.45, 2.75) is 51.4 Å². The Morgan fingerprint density at radius 3 is 2.26 bits per heavy atom. The predicted octanol–water partition coefficient (Wildman–Crippen LogP) is 3.12. The maximum atomic E-state index is 12.4. The van der Waals surface area contributed by atoms with Gasteiger partial charge in [0.2, 0.25) is 5.91 Å². The van der Waals surface area contributed by atoms with Gasteiger partial charge in [-0.3, -0.25) is 9.59 Å². The van der Waals surface area contributed by atoms with Crippen molar-refractivity contribution in [2.24, 2.45) is 0 Å². The number of carbonyl (C=O) groups is 2. The van der Waals surface area contributed by atoms with Gasteiger partial charge in [0.1, 0.15) is 5.75 Å². The SMILES string of the molecule is COc1ccc(C(C)(C)C(=O)NCCCCCCC(=O)O)cc1. The largest absolute Gasteiger partial charge is 0.497 e. The average molecular weight is 321 g/mol. The third-order valence-electron chi connectivity index (χ3n) is 3.98. The average Bonchev–Trinajstić information content (AvgIpc) is 2.53. The lowest BCUT2D eigenvalue weighted by molar-refractivity contribution is -0.137. The maximum absolute atomic E-state index is 12.4. The van der Waals surface area contributed by atoms with Crippen LogP contribution in [-0.2, 0) is 15.0 Å². The Kier molecular flexibility index (Phi) is 7.59. The van der Waals surface area contributed by atoms with Crippen LogP contribution < -0.4 is 10.1 Å². The smallest absolute Gasteiger partial charge is 0.303 e. The number of aliphatic carboxylic acids is 1. The fourth-order valence-electron chi connectivity index (χ4n) is 2.32. The van der Waals surface area contributed by atoms with Crippen LogP contribution in [0.4, 0.5) is 0 Å². The number of rotatable bonds is 10. The fraction of sp³-hybridized carbons (Fsp3) is 0.556. The molecule has 0 aliphatic rings. The lowest BCUT2D eigenvalue weighted by Crippen LogP contribution is -2.40. The Morgan fingerprint density at radius 2 is 1.70 bits per heavy atom. The third-order valence-corrected chi connectivity index (χ3v) is 3.98. The number of unbranched alkanes of at least 4 members (excludes halogenated alkanes) is 3. The Balaban J connectivity index is 2.35. The van der Waals surface area contributed by atoms with E-state index in [1.165, 1.54) is 0 Å². The van der Waals surface area contributed by atoms with E-state index in [4.69, 9.17) is 9.84 Å². The molecule has 0 saturated carbocycles. The van der Waals surface area contributed by atoms with Crippen molar-refractivity contribution < 1.29 is 19.4 Å². The molecule has 128 valence electrons. The molecule has 0 saturated heterocycles. The first-order valence-corrected chi connectivity index (χ1v) is 8.02. The second-order valence-corrected chi connectivity index (χ2v) is 6.17. The van der Waals surface area contributed by atoms with Crippen LogP contribution in [0, 0.1) is 0 Å². The van der Waals surface area contributed by atoms with Crippen molar-refractivity contribution in [3.63, 3.8) is 0 Å². The van der Waals surface area contributed by atoms with E-state index < -0.39 is 11.4 Å². The maximum Gasteiger partial charge on any atom is 0.303 e. The van der Waals surface area contributed by atoms with E-state index in [1.54, 1.807) is 7.11 Å². The molecule has 0 aliphatic heterocycles. The number of ether oxygens (including phenoxy) is 1. The lowest BCUT2D eigenvalue weighted by atomic mass is 9.83. The topological polar surface area (TPSA) is 75.6 Å². The number of carbonyl (C=O) groups excluding carboxylic acids is 1. The van der Waals surface area contributed by atoms with E-state index in [2.05, 4.69) is 5.32 Å². The summed E-state index contributed by atoms with van der Waals surface area (Å²) in [6.07, 6.45) is 3.59. The van der Waals surface area contributed by atoms with Crippen LogP contribution in [0.2, 0.25) is 0 Å². The zero-order chi connectivity index (χ0) is 17.3.